The number of hydrogen-bond acceptors (Lipinski definition) is 4. The summed E-state index contributed by atoms with van der Waals surface area (Å²) < 4.78 is 0. The minimum absolute atomic E-state index is 0.873. The topological polar surface area (TPSA) is 22.6 Å². The molecule has 4 heteroatoms. The van der Waals surface area contributed by atoms with Gasteiger partial charge in [-0.25, -0.2) is 4.98 Å². The third-order valence-electron chi connectivity index (χ3n) is 6.37. The van der Waals surface area contributed by atoms with Crippen molar-refractivity contribution in [2.45, 2.75) is 25.7 Å². The second kappa shape index (κ2) is 10.0. The first kappa shape index (κ1) is 19.4. The minimum atomic E-state index is 0.873. The van der Waals surface area contributed by atoms with E-state index in [1.165, 1.54) is 57.4 Å². The monoisotopic (exact) mass is 378 g/mol. The third-order valence-corrected chi connectivity index (χ3v) is 6.37. The maximum Gasteiger partial charge on any atom is 0.128 e. The van der Waals surface area contributed by atoms with Crippen molar-refractivity contribution >= 4 is 5.82 Å². The normalized spacial score (nSPS) is 19.8. The van der Waals surface area contributed by atoms with E-state index in [1.807, 2.05) is 12.3 Å². The van der Waals surface area contributed by atoms with Gasteiger partial charge in [0.1, 0.15) is 5.82 Å². The van der Waals surface area contributed by atoms with E-state index in [4.69, 9.17) is 0 Å². The molecule has 0 amide bonds. The zero-order valence-electron chi connectivity index (χ0n) is 17.0. The average molecular weight is 379 g/mol. The van der Waals surface area contributed by atoms with Crippen molar-refractivity contribution in [3.8, 4) is 0 Å². The Bertz CT molecular complexity index is 674. The molecule has 2 fully saturated rings. The lowest BCUT2D eigenvalue weighted by Crippen LogP contribution is -2.47. The van der Waals surface area contributed by atoms with Gasteiger partial charge in [0.25, 0.3) is 0 Å². The highest BCUT2D eigenvalue weighted by atomic mass is 15.3. The predicted molar refractivity (Wildman–Crippen MR) is 117 cm³/mol. The Morgan fingerprint density at radius 1 is 0.750 bits per heavy atom. The number of piperidine rings is 1. The maximum atomic E-state index is 4.48. The van der Waals surface area contributed by atoms with Gasteiger partial charge < -0.3 is 9.80 Å². The van der Waals surface area contributed by atoms with Gasteiger partial charge in [-0.2, -0.15) is 0 Å². The van der Waals surface area contributed by atoms with E-state index >= 15 is 0 Å². The van der Waals surface area contributed by atoms with Crippen LogP contribution in [0.5, 0.6) is 0 Å². The summed E-state index contributed by atoms with van der Waals surface area (Å²) in [5.41, 5.74) is 1.51. The predicted octanol–water partition coefficient (Wildman–Crippen LogP) is 3.55. The van der Waals surface area contributed by atoms with Gasteiger partial charge >= 0.3 is 0 Å². The molecule has 0 aliphatic carbocycles. The first-order valence-electron chi connectivity index (χ1n) is 11.0. The molecule has 0 spiro atoms. The third kappa shape index (κ3) is 5.55. The molecule has 1 aromatic heterocycles. The standard InChI is InChI=1S/C24H34N4/c1-2-7-22(8-3-1)21-23-10-15-26(16-11-23)13-6-14-27-17-19-28(20-18-27)24-9-4-5-12-25-24/h1-5,7-9,12,23H,6,10-11,13-21H2. The quantitative estimate of drug-likeness (QED) is 0.735. The van der Waals surface area contributed by atoms with E-state index in [0.717, 1.165) is 37.9 Å². The van der Waals surface area contributed by atoms with Gasteiger partial charge in [-0.1, -0.05) is 36.4 Å². The molecule has 2 aromatic rings. The summed E-state index contributed by atoms with van der Waals surface area (Å²) in [6, 6.07) is 17.2. The van der Waals surface area contributed by atoms with Crippen LogP contribution in [0.15, 0.2) is 54.7 Å². The van der Waals surface area contributed by atoms with Crippen molar-refractivity contribution in [2.24, 2.45) is 5.92 Å². The molecule has 0 bridgehead atoms. The fourth-order valence-corrected chi connectivity index (χ4v) is 4.62. The molecule has 28 heavy (non-hydrogen) atoms. The molecular weight excluding hydrogens is 344 g/mol. The van der Waals surface area contributed by atoms with Crippen LogP contribution in [0.3, 0.4) is 0 Å². The number of hydrogen-bond donors (Lipinski definition) is 0. The molecule has 0 unspecified atom stereocenters. The number of aromatic nitrogens is 1. The molecule has 4 nitrogen and oxygen atoms in total. The molecule has 2 aliphatic rings. The van der Waals surface area contributed by atoms with Gasteiger partial charge in [-0.3, -0.25) is 4.90 Å². The Morgan fingerprint density at radius 2 is 1.43 bits per heavy atom. The Balaban J connectivity index is 1.10. The fraction of sp³-hybridized carbons (Fsp3) is 0.542. The van der Waals surface area contributed by atoms with E-state index in [-0.39, 0.29) is 0 Å². The van der Waals surface area contributed by atoms with Crippen molar-refractivity contribution in [3.63, 3.8) is 0 Å². The van der Waals surface area contributed by atoms with Crippen LogP contribution in [0.1, 0.15) is 24.8 Å². The second-order valence-electron chi connectivity index (χ2n) is 8.34. The number of nitrogens with zero attached hydrogens (tertiary/aromatic N) is 4. The number of piperazine rings is 1. The number of benzene rings is 1. The molecule has 2 saturated heterocycles. The molecule has 4 rings (SSSR count). The SMILES string of the molecule is c1ccc(CC2CCN(CCCN3CCN(c4ccccn4)CC3)CC2)cc1. The highest BCUT2D eigenvalue weighted by Crippen LogP contribution is 2.22. The van der Waals surface area contributed by atoms with E-state index < -0.39 is 0 Å². The first-order chi connectivity index (χ1) is 13.9. The van der Waals surface area contributed by atoms with Crippen molar-refractivity contribution in [3.05, 3.63) is 60.3 Å². The largest absolute Gasteiger partial charge is 0.354 e. The highest BCUT2D eigenvalue weighted by Gasteiger charge is 2.20. The van der Waals surface area contributed by atoms with Crippen LogP contribution in [-0.2, 0) is 6.42 Å². The summed E-state index contributed by atoms with van der Waals surface area (Å²) in [6.45, 7) is 9.59. The Labute approximate surface area is 170 Å². The average Bonchev–Trinajstić information content (AvgIpc) is 2.77. The van der Waals surface area contributed by atoms with E-state index in [2.05, 4.69) is 62.1 Å². The molecule has 0 saturated carbocycles. The number of likely N-dealkylation sites (tertiary alicyclic amines) is 1. The Kier molecular flexibility index (Phi) is 6.96. The lowest BCUT2D eigenvalue weighted by Gasteiger charge is -2.36. The fourth-order valence-electron chi connectivity index (χ4n) is 4.62. The van der Waals surface area contributed by atoms with Crippen LogP contribution in [0.4, 0.5) is 5.82 Å². The van der Waals surface area contributed by atoms with E-state index in [9.17, 15) is 0 Å². The van der Waals surface area contributed by atoms with Crippen molar-refractivity contribution in [1.82, 2.24) is 14.8 Å². The van der Waals surface area contributed by atoms with Gasteiger partial charge in [0.05, 0.1) is 0 Å². The number of anilines is 1. The van der Waals surface area contributed by atoms with Gasteiger partial charge in [-0.05, 0) is 75.5 Å². The molecule has 3 heterocycles. The molecule has 1 aromatic carbocycles. The molecular formula is C24H34N4. The molecule has 0 radical (unpaired) electrons. The summed E-state index contributed by atoms with van der Waals surface area (Å²) in [4.78, 5) is 12.2. The number of rotatable bonds is 7. The van der Waals surface area contributed by atoms with Gasteiger partial charge in [0, 0.05) is 32.4 Å². The minimum Gasteiger partial charge on any atom is -0.354 e. The van der Waals surface area contributed by atoms with Crippen molar-refractivity contribution in [2.75, 3.05) is 57.3 Å². The smallest absolute Gasteiger partial charge is 0.128 e. The molecule has 150 valence electrons. The highest BCUT2D eigenvalue weighted by molar-refractivity contribution is 5.38. The lowest BCUT2D eigenvalue weighted by molar-refractivity contribution is 0.169. The summed E-state index contributed by atoms with van der Waals surface area (Å²) in [5, 5.41) is 0. The van der Waals surface area contributed by atoms with Crippen LogP contribution < -0.4 is 4.90 Å². The van der Waals surface area contributed by atoms with Gasteiger partial charge in [0.2, 0.25) is 0 Å². The molecule has 2 aliphatic heterocycles. The molecule has 0 atom stereocenters. The zero-order chi connectivity index (χ0) is 19.0. The first-order valence-corrected chi connectivity index (χ1v) is 11.0. The summed E-state index contributed by atoms with van der Waals surface area (Å²) in [7, 11) is 0. The van der Waals surface area contributed by atoms with Gasteiger partial charge in [-0.15, -0.1) is 0 Å². The molecule has 0 N–H and O–H groups in total. The summed E-state index contributed by atoms with van der Waals surface area (Å²) in [5.74, 6) is 2.00. The second-order valence-corrected chi connectivity index (χ2v) is 8.34. The van der Waals surface area contributed by atoms with Crippen LogP contribution >= 0.6 is 0 Å². The van der Waals surface area contributed by atoms with Crippen LogP contribution in [0, 0.1) is 5.92 Å². The van der Waals surface area contributed by atoms with E-state index in [1.54, 1.807) is 0 Å². The summed E-state index contributed by atoms with van der Waals surface area (Å²) in [6.07, 6.45) is 7.17. The van der Waals surface area contributed by atoms with E-state index in [0.29, 0.717) is 0 Å². The van der Waals surface area contributed by atoms with Crippen LogP contribution in [0.25, 0.3) is 0 Å². The summed E-state index contributed by atoms with van der Waals surface area (Å²) >= 11 is 0. The maximum absolute atomic E-state index is 4.48. The van der Waals surface area contributed by atoms with Crippen LogP contribution in [0.2, 0.25) is 0 Å². The van der Waals surface area contributed by atoms with Crippen molar-refractivity contribution < 1.29 is 0 Å². The van der Waals surface area contributed by atoms with Crippen molar-refractivity contribution in [1.29, 1.82) is 0 Å². The lowest BCUT2D eigenvalue weighted by atomic mass is 9.90. The Hall–Kier alpha value is -1.91. The Morgan fingerprint density at radius 3 is 2.11 bits per heavy atom. The van der Waals surface area contributed by atoms with Gasteiger partial charge in [0.15, 0.2) is 0 Å². The van der Waals surface area contributed by atoms with Crippen LogP contribution in [-0.4, -0.2) is 67.1 Å². The number of pyridine rings is 1. The zero-order valence-corrected chi connectivity index (χ0v) is 17.0.